The van der Waals surface area contributed by atoms with Gasteiger partial charge in [0.15, 0.2) is 0 Å². The van der Waals surface area contributed by atoms with Gasteiger partial charge in [0.25, 0.3) is 0 Å². The molecule has 4 nitrogen and oxygen atoms in total. The van der Waals surface area contributed by atoms with Crippen LogP contribution in [0.2, 0.25) is 0 Å². The van der Waals surface area contributed by atoms with Crippen LogP contribution >= 0.6 is 0 Å². The average molecular weight is 215 g/mol. The van der Waals surface area contributed by atoms with Crippen LogP contribution in [0.1, 0.15) is 40.5 Å². The van der Waals surface area contributed by atoms with Gasteiger partial charge in [-0.2, -0.15) is 0 Å². The van der Waals surface area contributed by atoms with E-state index in [0.29, 0.717) is 6.54 Å². The van der Waals surface area contributed by atoms with Gasteiger partial charge in [0.05, 0.1) is 6.10 Å². The van der Waals surface area contributed by atoms with Crippen molar-refractivity contribution < 1.29 is 14.6 Å². The van der Waals surface area contributed by atoms with Crippen LogP contribution in [0.25, 0.3) is 0 Å². The topological polar surface area (TPSA) is 49.8 Å². The molecule has 0 radical (unpaired) electrons. The molecule has 0 spiro atoms. The molecule has 1 unspecified atom stereocenters. The van der Waals surface area contributed by atoms with Gasteiger partial charge in [-0.3, -0.25) is 0 Å². The summed E-state index contributed by atoms with van der Waals surface area (Å²) in [7, 11) is 0. The van der Waals surface area contributed by atoms with Crippen LogP contribution < -0.4 is 0 Å². The second-order valence-corrected chi connectivity index (χ2v) is 5.21. The summed E-state index contributed by atoms with van der Waals surface area (Å²) in [5.41, 5.74) is -0.469. The van der Waals surface area contributed by atoms with E-state index in [9.17, 15) is 9.90 Å². The predicted molar refractivity (Wildman–Crippen MR) is 57.6 cm³/mol. The van der Waals surface area contributed by atoms with Crippen LogP contribution in [0, 0.1) is 0 Å². The first-order valence-corrected chi connectivity index (χ1v) is 5.47. The van der Waals surface area contributed by atoms with E-state index in [-0.39, 0.29) is 12.1 Å². The zero-order valence-corrected chi connectivity index (χ0v) is 9.99. The van der Waals surface area contributed by atoms with Crippen molar-refractivity contribution in [3.8, 4) is 0 Å². The van der Waals surface area contributed by atoms with Crippen molar-refractivity contribution in [3.05, 3.63) is 0 Å². The van der Waals surface area contributed by atoms with Crippen LogP contribution in [0.3, 0.4) is 0 Å². The summed E-state index contributed by atoms with van der Waals surface area (Å²) < 4.78 is 5.28. The van der Waals surface area contributed by atoms with Gasteiger partial charge >= 0.3 is 6.09 Å². The molecule has 1 fully saturated rings. The molecule has 1 rings (SSSR count). The fraction of sp³-hybridized carbons (Fsp3) is 0.909. The largest absolute Gasteiger partial charge is 0.444 e. The normalized spacial score (nSPS) is 18.5. The van der Waals surface area contributed by atoms with E-state index in [0.717, 1.165) is 12.8 Å². The fourth-order valence-corrected chi connectivity index (χ4v) is 1.36. The molecule has 0 aromatic carbocycles. The van der Waals surface area contributed by atoms with Crippen LogP contribution in [-0.2, 0) is 4.74 Å². The Morgan fingerprint density at radius 2 is 2.07 bits per heavy atom. The third kappa shape index (κ3) is 4.51. The minimum atomic E-state index is -0.502. The van der Waals surface area contributed by atoms with Crippen LogP contribution in [0.15, 0.2) is 0 Å². The molecule has 1 N–H and O–H groups in total. The third-order valence-electron chi connectivity index (χ3n) is 2.08. The Morgan fingerprint density at radius 3 is 2.40 bits per heavy atom. The van der Waals surface area contributed by atoms with E-state index in [4.69, 9.17) is 4.74 Å². The quantitative estimate of drug-likeness (QED) is 0.780. The van der Waals surface area contributed by atoms with Crippen molar-refractivity contribution in [3.63, 3.8) is 0 Å². The maximum atomic E-state index is 11.8. The molecule has 88 valence electrons. The van der Waals surface area contributed by atoms with Crippen molar-refractivity contribution in [2.45, 2.75) is 58.3 Å². The first-order chi connectivity index (χ1) is 6.79. The number of hydrogen-bond donors (Lipinski definition) is 1. The molecule has 1 aliphatic carbocycles. The number of rotatable bonds is 3. The van der Waals surface area contributed by atoms with Crippen molar-refractivity contribution >= 4 is 6.09 Å². The summed E-state index contributed by atoms with van der Waals surface area (Å²) in [6.07, 6.45) is 1.22. The summed E-state index contributed by atoms with van der Waals surface area (Å²) in [4.78, 5) is 13.4. The van der Waals surface area contributed by atoms with Gasteiger partial charge in [0.1, 0.15) is 5.60 Å². The number of ether oxygens (including phenoxy) is 1. The SMILES string of the molecule is CC(O)CN(C(=O)OC(C)(C)C)C1CC1. The molecule has 1 amide bonds. The molecule has 1 saturated carbocycles. The minimum Gasteiger partial charge on any atom is -0.444 e. The van der Waals surface area contributed by atoms with Gasteiger partial charge < -0.3 is 14.7 Å². The Bertz CT molecular complexity index is 228. The number of aliphatic hydroxyl groups excluding tert-OH is 1. The van der Waals surface area contributed by atoms with Gasteiger partial charge in [-0.05, 0) is 40.5 Å². The molecular formula is C11H21NO3. The molecule has 1 aliphatic rings. The number of nitrogens with zero attached hydrogens (tertiary/aromatic N) is 1. The molecule has 0 heterocycles. The van der Waals surface area contributed by atoms with E-state index in [1.54, 1.807) is 11.8 Å². The number of aliphatic hydroxyl groups is 1. The van der Waals surface area contributed by atoms with E-state index >= 15 is 0 Å². The first kappa shape index (κ1) is 12.3. The smallest absolute Gasteiger partial charge is 0.410 e. The average Bonchev–Trinajstić information content (AvgIpc) is 2.78. The van der Waals surface area contributed by atoms with Gasteiger partial charge in [-0.25, -0.2) is 4.79 Å². The lowest BCUT2D eigenvalue weighted by Gasteiger charge is -2.28. The van der Waals surface area contributed by atoms with E-state index in [1.165, 1.54) is 0 Å². The van der Waals surface area contributed by atoms with Gasteiger partial charge in [-0.1, -0.05) is 0 Å². The van der Waals surface area contributed by atoms with Crippen molar-refractivity contribution in [2.24, 2.45) is 0 Å². The van der Waals surface area contributed by atoms with Crippen molar-refractivity contribution in [1.29, 1.82) is 0 Å². The van der Waals surface area contributed by atoms with Crippen LogP contribution in [-0.4, -0.2) is 40.4 Å². The van der Waals surface area contributed by atoms with E-state index in [1.807, 2.05) is 20.8 Å². The maximum absolute atomic E-state index is 11.8. The Morgan fingerprint density at radius 1 is 1.53 bits per heavy atom. The Kier molecular flexibility index (Phi) is 3.60. The fourth-order valence-electron chi connectivity index (χ4n) is 1.36. The van der Waals surface area contributed by atoms with E-state index < -0.39 is 11.7 Å². The molecule has 0 aromatic rings. The number of amides is 1. The molecular weight excluding hydrogens is 194 g/mol. The molecule has 0 aliphatic heterocycles. The Labute approximate surface area is 91.2 Å². The predicted octanol–water partition coefficient (Wildman–Crippen LogP) is 1.77. The highest BCUT2D eigenvalue weighted by molar-refractivity contribution is 5.69. The number of carbonyl (C=O) groups excluding carboxylic acids is 1. The molecule has 4 heteroatoms. The van der Waals surface area contributed by atoms with Crippen molar-refractivity contribution in [1.82, 2.24) is 4.90 Å². The third-order valence-corrected chi connectivity index (χ3v) is 2.08. The highest BCUT2D eigenvalue weighted by atomic mass is 16.6. The second kappa shape index (κ2) is 4.39. The zero-order valence-electron chi connectivity index (χ0n) is 9.99. The highest BCUT2D eigenvalue weighted by Gasteiger charge is 2.35. The summed E-state index contributed by atoms with van der Waals surface area (Å²) in [5.74, 6) is 0. The standard InChI is InChI=1S/C11H21NO3/c1-8(13)7-12(9-5-6-9)10(14)15-11(2,3)4/h8-9,13H,5-7H2,1-4H3. The summed E-state index contributed by atoms with van der Waals surface area (Å²) in [6.45, 7) is 7.58. The monoisotopic (exact) mass is 215 g/mol. The zero-order chi connectivity index (χ0) is 11.6. The van der Waals surface area contributed by atoms with Gasteiger partial charge in [-0.15, -0.1) is 0 Å². The van der Waals surface area contributed by atoms with E-state index in [2.05, 4.69) is 0 Å². The number of hydrogen-bond acceptors (Lipinski definition) is 3. The second-order valence-electron chi connectivity index (χ2n) is 5.21. The lowest BCUT2D eigenvalue weighted by Crippen LogP contribution is -2.41. The minimum absolute atomic E-state index is 0.273. The summed E-state index contributed by atoms with van der Waals surface area (Å²) in [6, 6.07) is 0.273. The summed E-state index contributed by atoms with van der Waals surface area (Å²) >= 11 is 0. The van der Waals surface area contributed by atoms with Gasteiger partial charge in [0.2, 0.25) is 0 Å². The Hall–Kier alpha value is -0.770. The molecule has 15 heavy (non-hydrogen) atoms. The Balaban J connectivity index is 2.51. The molecule has 0 aromatic heterocycles. The molecule has 0 saturated heterocycles. The van der Waals surface area contributed by atoms with Crippen LogP contribution in [0.4, 0.5) is 4.79 Å². The first-order valence-electron chi connectivity index (χ1n) is 5.47. The van der Waals surface area contributed by atoms with Crippen LogP contribution in [0.5, 0.6) is 0 Å². The maximum Gasteiger partial charge on any atom is 0.410 e. The number of carbonyl (C=O) groups is 1. The van der Waals surface area contributed by atoms with Crippen molar-refractivity contribution in [2.75, 3.05) is 6.54 Å². The lowest BCUT2D eigenvalue weighted by molar-refractivity contribution is 0.0142. The molecule has 0 bridgehead atoms. The summed E-state index contributed by atoms with van der Waals surface area (Å²) in [5, 5.41) is 9.30. The lowest BCUT2D eigenvalue weighted by atomic mass is 10.2. The highest BCUT2D eigenvalue weighted by Crippen LogP contribution is 2.28. The van der Waals surface area contributed by atoms with Gasteiger partial charge in [0, 0.05) is 12.6 Å². The molecule has 1 atom stereocenters.